The summed E-state index contributed by atoms with van der Waals surface area (Å²) < 4.78 is 9.91. The monoisotopic (exact) mass is 308 g/mol. The molecule has 0 saturated heterocycles. The quantitative estimate of drug-likeness (QED) is 0.591. The summed E-state index contributed by atoms with van der Waals surface area (Å²) >= 11 is 0. The van der Waals surface area contributed by atoms with Crippen LogP contribution in [0, 0.1) is 11.8 Å². The van der Waals surface area contributed by atoms with Crippen molar-refractivity contribution in [3.05, 3.63) is 18.2 Å². The number of esters is 1. The molecule has 0 aromatic heterocycles. The summed E-state index contributed by atoms with van der Waals surface area (Å²) in [6.45, 7) is 10.6. The lowest BCUT2D eigenvalue weighted by Gasteiger charge is -2.29. The van der Waals surface area contributed by atoms with Gasteiger partial charge >= 0.3 is 5.97 Å². The van der Waals surface area contributed by atoms with E-state index in [-0.39, 0.29) is 6.61 Å². The van der Waals surface area contributed by atoms with Gasteiger partial charge in [-0.25, -0.2) is 4.79 Å². The molecule has 0 unspecified atom stereocenters. The Bertz CT molecular complexity index is 477. The zero-order valence-electron chi connectivity index (χ0n) is 14.3. The number of nitrogen functional groups attached to an aromatic ring is 1. The SMILES string of the molecule is COC(=O)COc1ccc(N(CC(C)C)CC(C)C)c(N)c1. The average molecular weight is 308 g/mol. The molecule has 22 heavy (non-hydrogen) atoms. The Morgan fingerprint density at radius 2 is 1.77 bits per heavy atom. The molecule has 5 nitrogen and oxygen atoms in total. The molecule has 0 saturated carbocycles. The van der Waals surface area contributed by atoms with Crippen molar-refractivity contribution in [3.63, 3.8) is 0 Å². The van der Waals surface area contributed by atoms with Crippen molar-refractivity contribution in [2.45, 2.75) is 27.7 Å². The molecule has 0 aliphatic rings. The zero-order chi connectivity index (χ0) is 16.7. The lowest BCUT2D eigenvalue weighted by atomic mass is 10.1. The fourth-order valence-electron chi connectivity index (χ4n) is 2.26. The van der Waals surface area contributed by atoms with Crippen LogP contribution in [0.5, 0.6) is 5.75 Å². The number of anilines is 2. The number of carbonyl (C=O) groups is 1. The predicted molar refractivity (Wildman–Crippen MR) is 90.3 cm³/mol. The van der Waals surface area contributed by atoms with E-state index in [0.717, 1.165) is 18.8 Å². The number of benzene rings is 1. The molecule has 0 heterocycles. The highest BCUT2D eigenvalue weighted by Crippen LogP contribution is 2.29. The number of carbonyl (C=O) groups excluding carboxylic acids is 1. The van der Waals surface area contributed by atoms with Crippen molar-refractivity contribution in [3.8, 4) is 5.75 Å². The highest BCUT2D eigenvalue weighted by Gasteiger charge is 2.14. The fourth-order valence-corrected chi connectivity index (χ4v) is 2.26. The second-order valence-corrected chi connectivity index (χ2v) is 6.28. The minimum absolute atomic E-state index is 0.114. The number of methoxy groups -OCH3 is 1. The molecule has 0 bridgehead atoms. The lowest BCUT2D eigenvalue weighted by molar-refractivity contribution is -0.142. The second-order valence-electron chi connectivity index (χ2n) is 6.28. The van der Waals surface area contributed by atoms with Crippen LogP contribution < -0.4 is 15.4 Å². The van der Waals surface area contributed by atoms with Crippen LogP contribution in [0.1, 0.15) is 27.7 Å². The summed E-state index contributed by atoms with van der Waals surface area (Å²) in [5.41, 5.74) is 7.84. The normalized spacial score (nSPS) is 10.9. The maximum atomic E-state index is 11.1. The van der Waals surface area contributed by atoms with E-state index in [2.05, 4.69) is 37.3 Å². The third-order valence-corrected chi connectivity index (χ3v) is 3.10. The van der Waals surface area contributed by atoms with E-state index in [9.17, 15) is 4.79 Å². The maximum Gasteiger partial charge on any atom is 0.343 e. The van der Waals surface area contributed by atoms with Gasteiger partial charge < -0.3 is 20.1 Å². The van der Waals surface area contributed by atoms with Gasteiger partial charge in [-0.1, -0.05) is 27.7 Å². The van der Waals surface area contributed by atoms with Crippen molar-refractivity contribution in [1.82, 2.24) is 0 Å². The second kappa shape index (κ2) is 8.51. The first kappa shape index (κ1) is 18.1. The van der Waals surface area contributed by atoms with Crippen LogP contribution in [0.15, 0.2) is 18.2 Å². The summed E-state index contributed by atoms with van der Waals surface area (Å²) in [7, 11) is 1.33. The predicted octanol–water partition coefficient (Wildman–Crippen LogP) is 2.94. The summed E-state index contributed by atoms with van der Waals surface area (Å²) in [4.78, 5) is 13.4. The van der Waals surface area contributed by atoms with Gasteiger partial charge in [0.2, 0.25) is 0 Å². The van der Waals surface area contributed by atoms with E-state index in [1.165, 1.54) is 7.11 Å². The van der Waals surface area contributed by atoms with Gasteiger partial charge in [-0.15, -0.1) is 0 Å². The molecule has 2 N–H and O–H groups in total. The third kappa shape index (κ3) is 5.84. The van der Waals surface area contributed by atoms with Crippen LogP contribution in [0.3, 0.4) is 0 Å². The zero-order valence-corrected chi connectivity index (χ0v) is 14.3. The molecule has 124 valence electrons. The standard InChI is InChI=1S/C17H28N2O3/c1-12(2)9-19(10-13(3)4)16-7-6-14(8-15(16)18)22-11-17(20)21-5/h6-8,12-13H,9-11,18H2,1-5H3. The molecule has 0 atom stereocenters. The van der Waals surface area contributed by atoms with Crippen LogP contribution in [0.2, 0.25) is 0 Å². The van der Waals surface area contributed by atoms with Crippen LogP contribution in [-0.2, 0) is 9.53 Å². The summed E-state index contributed by atoms with van der Waals surface area (Å²) in [5, 5.41) is 0. The molecule has 0 aliphatic carbocycles. The van der Waals surface area contributed by atoms with Crippen molar-refractivity contribution in [2.75, 3.05) is 37.4 Å². The van der Waals surface area contributed by atoms with E-state index < -0.39 is 5.97 Å². The topological polar surface area (TPSA) is 64.8 Å². The summed E-state index contributed by atoms with van der Waals surface area (Å²) in [6.07, 6.45) is 0. The van der Waals surface area contributed by atoms with E-state index in [1.54, 1.807) is 6.07 Å². The number of nitrogens with zero attached hydrogens (tertiary/aromatic N) is 1. The van der Waals surface area contributed by atoms with Crippen molar-refractivity contribution < 1.29 is 14.3 Å². The van der Waals surface area contributed by atoms with E-state index in [0.29, 0.717) is 23.3 Å². The molecule has 1 aromatic carbocycles. The first-order valence-electron chi connectivity index (χ1n) is 7.67. The van der Waals surface area contributed by atoms with Gasteiger partial charge in [-0.3, -0.25) is 0 Å². The van der Waals surface area contributed by atoms with Crippen LogP contribution >= 0.6 is 0 Å². The third-order valence-electron chi connectivity index (χ3n) is 3.10. The minimum atomic E-state index is -0.413. The number of hydrogen-bond donors (Lipinski definition) is 1. The molecular formula is C17H28N2O3. The largest absolute Gasteiger partial charge is 0.482 e. The minimum Gasteiger partial charge on any atom is -0.482 e. The van der Waals surface area contributed by atoms with Gasteiger partial charge in [-0.05, 0) is 24.0 Å². The van der Waals surface area contributed by atoms with Crippen LogP contribution in [0.4, 0.5) is 11.4 Å². The number of ether oxygens (including phenoxy) is 2. The van der Waals surface area contributed by atoms with E-state index >= 15 is 0 Å². The molecular weight excluding hydrogens is 280 g/mol. The van der Waals surface area contributed by atoms with Gasteiger partial charge in [0, 0.05) is 19.2 Å². The van der Waals surface area contributed by atoms with Crippen LogP contribution in [0.25, 0.3) is 0 Å². The van der Waals surface area contributed by atoms with E-state index in [1.807, 2.05) is 12.1 Å². The van der Waals surface area contributed by atoms with Gasteiger partial charge in [0.25, 0.3) is 0 Å². The van der Waals surface area contributed by atoms with Crippen molar-refractivity contribution >= 4 is 17.3 Å². The first-order chi connectivity index (χ1) is 10.3. The molecule has 0 spiro atoms. The average Bonchev–Trinajstić information content (AvgIpc) is 2.43. The van der Waals surface area contributed by atoms with Crippen LogP contribution in [-0.4, -0.2) is 32.8 Å². The Labute approximate surface area is 133 Å². The van der Waals surface area contributed by atoms with Gasteiger partial charge in [-0.2, -0.15) is 0 Å². The lowest BCUT2D eigenvalue weighted by Crippen LogP contribution is -2.31. The highest BCUT2D eigenvalue weighted by molar-refractivity contribution is 5.72. The summed E-state index contributed by atoms with van der Waals surface area (Å²) in [6, 6.07) is 5.54. The number of nitrogens with two attached hydrogens (primary N) is 1. The molecule has 0 radical (unpaired) electrons. The summed E-state index contributed by atoms with van der Waals surface area (Å²) in [5.74, 6) is 1.26. The number of hydrogen-bond acceptors (Lipinski definition) is 5. The molecule has 0 amide bonds. The maximum absolute atomic E-state index is 11.1. The van der Waals surface area contributed by atoms with Crippen molar-refractivity contribution in [2.24, 2.45) is 11.8 Å². The Balaban J connectivity index is 2.86. The smallest absolute Gasteiger partial charge is 0.343 e. The first-order valence-corrected chi connectivity index (χ1v) is 7.67. The molecule has 0 fully saturated rings. The molecule has 0 aliphatic heterocycles. The number of rotatable bonds is 8. The Hall–Kier alpha value is -1.91. The molecule has 1 aromatic rings. The van der Waals surface area contributed by atoms with Gasteiger partial charge in [0.05, 0.1) is 18.5 Å². The van der Waals surface area contributed by atoms with Gasteiger partial charge in [0.1, 0.15) is 5.75 Å². The van der Waals surface area contributed by atoms with Crippen molar-refractivity contribution in [1.29, 1.82) is 0 Å². The Morgan fingerprint density at radius 1 is 1.18 bits per heavy atom. The Morgan fingerprint density at radius 3 is 2.23 bits per heavy atom. The van der Waals surface area contributed by atoms with E-state index in [4.69, 9.17) is 10.5 Å². The molecule has 1 rings (SSSR count). The fraction of sp³-hybridized carbons (Fsp3) is 0.588. The highest BCUT2D eigenvalue weighted by atomic mass is 16.6. The molecule has 5 heteroatoms. The Kier molecular flexibility index (Phi) is 7.02. The van der Waals surface area contributed by atoms with Gasteiger partial charge in [0.15, 0.2) is 6.61 Å².